The van der Waals surface area contributed by atoms with Crippen LogP contribution in [0.1, 0.15) is 18.1 Å². The van der Waals surface area contributed by atoms with Crippen LogP contribution in [0.25, 0.3) is 0 Å². The minimum atomic E-state index is -0.422. The molecule has 0 bridgehead atoms. The number of benzene rings is 1. The summed E-state index contributed by atoms with van der Waals surface area (Å²) >= 11 is 5.37. The summed E-state index contributed by atoms with van der Waals surface area (Å²) in [6, 6.07) is 6.10. The molecule has 0 saturated carbocycles. The van der Waals surface area contributed by atoms with E-state index in [1.54, 1.807) is 14.2 Å². The van der Waals surface area contributed by atoms with Gasteiger partial charge in [-0.05, 0) is 41.6 Å². The number of likely N-dealkylation sites (N-methyl/N-ethyl adjacent to an activating group) is 1. The number of nitrogens with zero attached hydrogens (tertiary/aromatic N) is 1. The third-order valence-electron chi connectivity index (χ3n) is 2.76. The molecule has 1 rings (SSSR count). The zero-order valence-electron chi connectivity index (χ0n) is 10.5. The highest BCUT2D eigenvalue weighted by Gasteiger charge is 2.06. The molecule has 1 aromatic rings. The first-order valence-corrected chi connectivity index (χ1v) is 6.02. The molecule has 0 fully saturated rings. The van der Waals surface area contributed by atoms with Crippen molar-refractivity contribution < 1.29 is 9.53 Å². The van der Waals surface area contributed by atoms with E-state index in [2.05, 4.69) is 13.0 Å². The Hall–Kier alpha value is -1.22. The monoisotopic (exact) mass is 255 g/mol. The van der Waals surface area contributed by atoms with Gasteiger partial charge in [-0.3, -0.25) is 4.79 Å². The zero-order chi connectivity index (χ0) is 12.8. The summed E-state index contributed by atoms with van der Waals surface area (Å²) in [4.78, 5) is 12.4. The van der Waals surface area contributed by atoms with E-state index in [9.17, 15) is 4.79 Å². The predicted molar refractivity (Wildman–Crippen MR) is 70.0 cm³/mol. The van der Waals surface area contributed by atoms with Gasteiger partial charge in [-0.2, -0.15) is 0 Å². The van der Waals surface area contributed by atoms with Gasteiger partial charge >= 0.3 is 5.37 Å². The maximum Gasteiger partial charge on any atom is 0.316 e. The van der Waals surface area contributed by atoms with Crippen molar-refractivity contribution in [1.82, 2.24) is 4.90 Å². The normalized spacial score (nSPS) is 10.1. The average molecular weight is 256 g/mol. The lowest BCUT2D eigenvalue weighted by molar-refractivity contribution is 0.232. The fraction of sp³-hybridized carbons (Fsp3) is 0.462. The molecular weight excluding hydrogens is 238 g/mol. The van der Waals surface area contributed by atoms with Crippen LogP contribution in [0.2, 0.25) is 0 Å². The van der Waals surface area contributed by atoms with Crippen LogP contribution in [0.5, 0.6) is 5.75 Å². The molecule has 94 valence electrons. The Kier molecular flexibility index (Phi) is 5.29. The third kappa shape index (κ3) is 3.93. The number of rotatable bonds is 5. The van der Waals surface area contributed by atoms with Crippen molar-refractivity contribution in [3.63, 3.8) is 0 Å². The van der Waals surface area contributed by atoms with Crippen LogP contribution in [0.3, 0.4) is 0 Å². The highest BCUT2D eigenvalue weighted by Crippen LogP contribution is 2.20. The van der Waals surface area contributed by atoms with E-state index in [-0.39, 0.29) is 0 Å². The highest BCUT2D eigenvalue weighted by molar-refractivity contribution is 6.62. The first-order chi connectivity index (χ1) is 8.08. The summed E-state index contributed by atoms with van der Waals surface area (Å²) in [5, 5.41) is -0.422. The molecule has 0 unspecified atom stereocenters. The van der Waals surface area contributed by atoms with Crippen LogP contribution in [-0.2, 0) is 12.8 Å². The van der Waals surface area contributed by atoms with Crippen molar-refractivity contribution in [2.75, 3.05) is 20.7 Å². The van der Waals surface area contributed by atoms with Crippen LogP contribution in [0.4, 0.5) is 4.79 Å². The van der Waals surface area contributed by atoms with Crippen molar-refractivity contribution in [2.45, 2.75) is 19.8 Å². The number of halogens is 1. The molecular formula is C13H18ClNO2. The third-order valence-corrected chi connectivity index (χ3v) is 3.05. The Bertz CT molecular complexity index is 393. The fourth-order valence-electron chi connectivity index (χ4n) is 1.65. The number of carbonyl (C=O) groups is 1. The van der Waals surface area contributed by atoms with Gasteiger partial charge in [-0.25, -0.2) is 0 Å². The van der Waals surface area contributed by atoms with Gasteiger partial charge in [-0.1, -0.05) is 19.1 Å². The molecule has 0 atom stereocenters. The van der Waals surface area contributed by atoms with E-state index in [4.69, 9.17) is 16.3 Å². The lowest BCUT2D eigenvalue weighted by Crippen LogP contribution is -2.23. The first kappa shape index (κ1) is 13.8. The van der Waals surface area contributed by atoms with Crippen LogP contribution < -0.4 is 4.74 Å². The Balaban J connectivity index is 2.69. The minimum Gasteiger partial charge on any atom is -0.496 e. The summed E-state index contributed by atoms with van der Waals surface area (Å²) in [5.41, 5.74) is 2.37. The molecule has 0 N–H and O–H groups in total. The number of hydrogen-bond acceptors (Lipinski definition) is 2. The molecule has 17 heavy (non-hydrogen) atoms. The van der Waals surface area contributed by atoms with Crippen LogP contribution in [-0.4, -0.2) is 31.0 Å². The van der Waals surface area contributed by atoms with E-state index < -0.39 is 5.37 Å². The quantitative estimate of drug-likeness (QED) is 0.598. The fourth-order valence-corrected chi connectivity index (χ4v) is 1.73. The zero-order valence-corrected chi connectivity index (χ0v) is 11.3. The first-order valence-electron chi connectivity index (χ1n) is 5.64. The van der Waals surface area contributed by atoms with Crippen molar-refractivity contribution in [2.24, 2.45) is 0 Å². The number of carbonyl (C=O) groups excluding carboxylic acids is 1. The lowest BCUT2D eigenvalue weighted by atomic mass is 10.1. The molecule has 0 spiro atoms. The van der Waals surface area contributed by atoms with Crippen molar-refractivity contribution in [3.05, 3.63) is 29.3 Å². The van der Waals surface area contributed by atoms with Gasteiger partial charge in [0.1, 0.15) is 5.75 Å². The largest absolute Gasteiger partial charge is 0.496 e. The maximum absolute atomic E-state index is 10.9. The molecule has 0 aromatic heterocycles. The molecule has 0 aliphatic carbocycles. The van der Waals surface area contributed by atoms with E-state index >= 15 is 0 Å². The topological polar surface area (TPSA) is 29.5 Å². The number of ether oxygens (including phenoxy) is 1. The minimum absolute atomic E-state index is 0.422. The van der Waals surface area contributed by atoms with E-state index in [0.29, 0.717) is 6.54 Å². The van der Waals surface area contributed by atoms with Gasteiger partial charge in [0.2, 0.25) is 0 Å². The maximum atomic E-state index is 10.9. The van der Waals surface area contributed by atoms with Gasteiger partial charge < -0.3 is 9.64 Å². The summed E-state index contributed by atoms with van der Waals surface area (Å²) < 4.78 is 5.27. The van der Waals surface area contributed by atoms with Crippen LogP contribution in [0.15, 0.2) is 18.2 Å². The number of hydrogen-bond donors (Lipinski definition) is 0. The number of amides is 1. The SMILES string of the molecule is CCc1cc(CCN(C)C(=O)Cl)ccc1OC. The Morgan fingerprint density at radius 1 is 1.47 bits per heavy atom. The summed E-state index contributed by atoms with van der Waals surface area (Å²) in [7, 11) is 3.37. The van der Waals surface area contributed by atoms with Crippen molar-refractivity contribution in [3.8, 4) is 5.75 Å². The average Bonchev–Trinajstić information content (AvgIpc) is 2.35. The smallest absolute Gasteiger partial charge is 0.316 e. The summed E-state index contributed by atoms with van der Waals surface area (Å²) in [5.74, 6) is 0.915. The molecule has 4 heteroatoms. The molecule has 3 nitrogen and oxygen atoms in total. The summed E-state index contributed by atoms with van der Waals surface area (Å²) in [6.07, 6.45) is 1.73. The standard InChI is InChI=1S/C13H18ClNO2/c1-4-11-9-10(5-6-12(11)17-3)7-8-15(2)13(14)16/h5-6,9H,4,7-8H2,1-3H3. The molecule has 0 aliphatic rings. The van der Waals surface area contributed by atoms with Crippen LogP contribution in [0, 0.1) is 0 Å². The molecule has 1 aromatic carbocycles. The van der Waals surface area contributed by atoms with Gasteiger partial charge in [0.25, 0.3) is 0 Å². The second kappa shape index (κ2) is 6.50. The van der Waals surface area contributed by atoms with Crippen molar-refractivity contribution in [1.29, 1.82) is 0 Å². The Morgan fingerprint density at radius 3 is 2.71 bits per heavy atom. The summed E-state index contributed by atoms with van der Waals surface area (Å²) in [6.45, 7) is 2.72. The second-order valence-corrected chi connectivity index (χ2v) is 4.25. The van der Waals surface area contributed by atoms with Gasteiger partial charge in [-0.15, -0.1) is 0 Å². The number of methoxy groups -OCH3 is 1. The molecule has 0 heterocycles. The van der Waals surface area contributed by atoms with E-state index in [1.165, 1.54) is 16.0 Å². The molecule has 0 saturated heterocycles. The van der Waals surface area contributed by atoms with E-state index in [0.717, 1.165) is 18.6 Å². The molecule has 0 aliphatic heterocycles. The Labute approximate surface area is 107 Å². The predicted octanol–water partition coefficient (Wildman–Crippen LogP) is 3.09. The van der Waals surface area contributed by atoms with Gasteiger partial charge in [0.05, 0.1) is 7.11 Å². The van der Waals surface area contributed by atoms with Crippen LogP contribution >= 0.6 is 11.6 Å². The second-order valence-electron chi connectivity index (χ2n) is 3.92. The van der Waals surface area contributed by atoms with E-state index in [1.807, 2.05) is 12.1 Å². The molecule has 1 amide bonds. The molecule has 0 radical (unpaired) electrons. The highest BCUT2D eigenvalue weighted by atomic mass is 35.5. The number of aryl methyl sites for hydroxylation is 1. The van der Waals surface area contributed by atoms with Crippen molar-refractivity contribution >= 4 is 17.0 Å². The van der Waals surface area contributed by atoms with Gasteiger partial charge in [0.15, 0.2) is 0 Å². The Morgan fingerprint density at radius 2 is 2.18 bits per heavy atom. The lowest BCUT2D eigenvalue weighted by Gasteiger charge is -2.14. The van der Waals surface area contributed by atoms with Gasteiger partial charge in [0, 0.05) is 13.6 Å².